The standard InChI is InChI=1S/C10H20.C6H10/c1-3-9-5-7-10(4-2)8-6-9;1-3-5-6-4-2/h9-10H,3-8H2,1-2H3;3-4H2,1-2H3. The van der Waals surface area contributed by atoms with Gasteiger partial charge in [-0.1, -0.05) is 66.2 Å². The van der Waals surface area contributed by atoms with Gasteiger partial charge >= 0.3 is 0 Å². The van der Waals surface area contributed by atoms with Gasteiger partial charge in [-0.2, -0.15) is 0 Å². The van der Waals surface area contributed by atoms with Gasteiger partial charge in [-0.25, -0.2) is 0 Å². The minimum Gasteiger partial charge on any atom is -0.104 e. The van der Waals surface area contributed by atoms with E-state index < -0.39 is 0 Å². The van der Waals surface area contributed by atoms with Crippen molar-refractivity contribution in [2.75, 3.05) is 0 Å². The number of rotatable bonds is 2. The van der Waals surface area contributed by atoms with Crippen molar-refractivity contribution in [1.29, 1.82) is 0 Å². The first-order valence-electron chi connectivity index (χ1n) is 7.24. The molecule has 0 aromatic heterocycles. The third kappa shape index (κ3) is 7.80. The summed E-state index contributed by atoms with van der Waals surface area (Å²) in [6.07, 6.45) is 10.8. The van der Waals surface area contributed by atoms with Gasteiger partial charge in [0, 0.05) is 12.8 Å². The Bertz CT molecular complexity index is 166. The van der Waals surface area contributed by atoms with Crippen LogP contribution in [0.2, 0.25) is 0 Å². The highest BCUT2D eigenvalue weighted by atomic mass is 14.2. The van der Waals surface area contributed by atoms with Crippen molar-refractivity contribution in [2.45, 2.75) is 79.1 Å². The molecule has 0 aromatic carbocycles. The third-order valence-corrected chi connectivity index (χ3v) is 3.60. The summed E-state index contributed by atoms with van der Waals surface area (Å²) in [5.41, 5.74) is 0. The summed E-state index contributed by atoms with van der Waals surface area (Å²) in [4.78, 5) is 0. The van der Waals surface area contributed by atoms with Gasteiger partial charge in [0.15, 0.2) is 0 Å². The molecular weight excluding hydrogens is 192 g/mol. The summed E-state index contributed by atoms with van der Waals surface area (Å²) in [5, 5.41) is 0. The molecule has 94 valence electrons. The average Bonchev–Trinajstić information content (AvgIpc) is 2.37. The summed E-state index contributed by atoms with van der Waals surface area (Å²) in [6, 6.07) is 0. The molecule has 0 unspecified atom stereocenters. The van der Waals surface area contributed by atoms with E-state index in [1.165, 1.54) is 38.5 Å². The molecule has 0 saturated heterocycles. The third-order valence-electron chi connectivity index (χ3n) is 3.60. The molecule has 0 bridgehead atoms. The highest BCUT2D eigenvalue weighted by Gasteiger charge is 2.17. The first-order chi connectivity index (χ1) is 7.78. The SMILES string of the molecule is CCC#CCC.CCC1CCC(CC)CC1. The largest absolute Gasteiger partial charge is 0.104 e. The predicted octanol–water partition coefficient (Wildman–Crippen LogP) is 5.42. The molecule has 0 aliphatic heterocycles. The zero-order valence-electron chi connectivity index (χ0n) is 11.8. The van der Waals surface area contributed by atoms with Crippen LogP contribution in [0, 0.1) is 23.7 Å². The Kier molecular flexibility index (Phi) is 10.8. The van der Waals surface area contributed by atoms with Crippen LogP contribution in [0.5, 0.6) is 0 Å². The van der Waals surface area contributed by atoms with Gasteiger partial charge in [-0.3, -0.25) is 0 Å². The Labute approximate surface area is 103 Å². The Hall–Kier alpha value is -0.440. The molecule has 0 nitrogen and oxygen atoms in total. The van der Waals surface area contributed by atoms with Crippen LogP contribution in [-0.4, -0.2) is 0 Å². The topological polar surface area (TPSA) is 0 Å². The average molecular weight is 222 g/mol. The van der Waals surface area contributed by atoms with Crippen molar-refractivity contribution in [3.8, 4) is 11.8 Å². The van der Waals surface area contributed by atoms with Gasteiger partial charge in [0.2, 0.25) is 0 Å². The zero-order chi connectivity index (χ0) is 12.2. The lowest BCUT2D eigenvalue weighted by atomic mass is 9.80. The summed E-state index contributed by atoms with van der Waals surface area (Å²) >= 11 is 0. The van der Waals surface area contributed by atoms with Gasteiger partial charge < -0.3 is 0 Å². The fraction of sp³-hybridized carbons (Fsp3) is 0.875. The van der Waals surface area contributed by atoms with Gasteiger partial charge in [0.1, 0.15) is 0 Å². The second-order valence-electron chi connectivity index (χ2n) is 4.76. The van der Waals surface area contributed by atoms with Crippen LogP contribution in [0.1, 0.15) is 79.1 Å². The Morgan fingerprint density at radius 1 is 0.688 bits per heavy atom. The predicted molar refractivity (Wildman–Crippen MR) is 74.4 cm³/mol. The second kappa shape index (κ2) is 11.1. The van der Waals surface area contributed by atoms with Crippen molar-refractivity contribution < 1.29 is 0 Å². The maximum absolute atomic E-state index is 2.95. The maximum atomic E-state index is 2.95. The Morgan fingerprint density at radius 2 is 1.00 bits per heavy atom. The van der Waals surface area contributed by atoms with E-state index in [0.717, 1.165) is 24.7 Å². The fourth-order valence-electron chi connectivity index (χ4n) is 2.30. The molecule has 0 heteroatoms. The molecule has 16 heavy (non-hydrogen) atoms. The molecule has 0 aromatic rings. The molecule has 0 atom stereocenters. The monoisotopic (exact) mass is 222 g/mol. The minimum atomic E-state index is 0.994. The summed E-state index contributed by atoms with van der Waals surface area (Å²) in [5.74, 6) is 8.04. The summed E-state index contributed by atoms with van der Waals surface area (Å²) < 4.78 is 0. The van der Waals surface area contributed by atoms with E-state index in [9.17, 15) is 0 Å². The Morgan fingerprint density at radius 3 is 1.19 bits per heavy atom. The first-order valence-corrected chi connectivity index (χ1v) is 7.24. The van der Waals surface area contributed by atoms with Crippen molar-refractivity contribution in [1.82, 2.24) is 0 Å². The second-order valence-corrected chi connectivity index (χ2v) is 4.76. The van der Waals surface area contributed by atoms with Crippen molar-refractivity contribution in [2.24, 2.45) is 11.8 Å². The van der Waals surface area contributed by atoms with Crippen LogP contribution in [0.15, 0.2) is 0 Å². The van der Waals surface area contributed by atoms with Gasteiger partial charge in [0.25, 0.3) is 0 Å². The smallest absolute Gasteiger partial charge is 0.00602 e. The van der Waals surface area contributed by atoms with Gasteiger partial charge in [-0.05, 0) is 11.8 Å². The summed E-state index contributed by atoms with van der Waals surface area (Å²) in [7, 11) is 0. The lowest BCUT2D eigenvalue weighted by Gasteiger charge is -2.26. The van der Waals surface area contributed by atoms with Crippen molar-refractivity contribution in [3.63, 3.8) is 0 Å². The molecule has 1 fully saturated rings. The molecular formula is C16H30. The van der Waals surface area contributed by atoms with Crippen LogP contribution in [0.4, 0.5) is 0 Å². The fourth-order valence-corrected chi connectivity index (χ4v) is 2.30. The van der Waals surface area contributed by atoms with Gasteiger partial charge in [-0.15, -0.1) is 11.8 Å². The van der Waals surface area contributed by atoms with E-state index in [4.69, 9.17) is 0 Å². The molecule has 0 amide bonds. The summed E-state index contributed by atoms with van der Waals surface area (Å²) in [6.45, 7) is 8.78. The number of hydrogen-bond donors (Lipinski definition) is 0. The highest BCUT2D eigenvalue weighted by Crippen LogP contribution is 2.31. The van der Waals surface area contributed by atoms with Gasteiger partial charge in [0.05, 0.1) is 0 Å². The minimum absolute atomic E-state index is 0.994. The normalized spacial score (nSPS) is 23.8. The number of hydrogen-bond acceptors (Lipinski definition) is 0. The molecule has 1 aliphatic carbocycles. The van der Waals surface area contributed by atoms with E-state index in [0.29, 0.717) is 0 Å². The van der Waals surface area contributed by atoms with Crippen LogP contribution in [-0.2, 0) is 0 Å². The van der Waals surface area contributed by atoms with E-state index in [-0.39, 0.29) is 0 Å². The van der Waals surface area contributed by atoms with E-state index in [1.54, 1.807) is 0 Å². The molecule has 0 heterocycles. The van der Waals surface area contributed by atoms with Crippen LogP contribution < -0.4 is 0 Å². The molecule has 0 spiro atoms. The van der Waals surface area contributed by atoms with Crippen LogP contribution in [0.3, 0.4) is 0 Å². The quantitative estimate of drug-likeness (QED) is 0.547. The van der Waals surface area contributed by atoms with Crippen LogP contribution >= 0.6 is 0 Å². The molecule has 1 saturated carbocycles. The molecule has 0 radical (unpaired) electrons. The highest BCUT2D eigenvalue weighted by molar-refractivity contribution is 4.96. The first kappa shape index (κ1) is 15.6. The molecule has 0 N–H and O–H groups in total. The lowest BCUT2D eigenvalue weighted by Crippen LogP contribution is -2.12. The maximum Gasteiger partial charge on any atom is 0.00602 e. The molecule has 1 aliphatic rings. The van der Waals surface area contributed by atoms with Crippen LogP contribution in [0.25, 0.3) is 0 Å². The van der Waals surface area contributed by atoms with E-state index >= 15 is 0 Å². The van der Waals surface area contributed by atoms with E-state index in [2.05, 4.69) is 39.5 Å². The molecule has 1 rings (SSSR count). The van der Waals surface area contributed by atoms with Crippen molar-refractivity contribution in [3.05, 3.63) is 0 Å². The van der Waals surface area contributed by atoms with Crippen molar-refractivity contribution >= 4 is 0 Å². The Balaban J connectivity index is 0.000000325. The van der Waals surface area contributed by atoms with E-state index in [1.807, 2.05) is 0 Å². The lowest BCUT2D eigenvalue weighted by molar-refractivity contribution is 0.264. The zero-order valence-corrected chi connectivity index (χ0v) is 11.8.